The Morgan fingerprint density at radius 1 is 1.29 bits per heavy atom. The molecular formula is C22H24ClN3O4S. The summed E-state index contributed by atoms with van der Waals surface area (Å²) in [5.41, 5.74) is 1.48. The fourth-order valence-corrected chi connectivity index (χ4v) is 5.33. The first kappa shape index (κ1) is 23.1. The van der Waals surface area contributed by atoms with Crippen LogP contribution in [0.1, 0.15) is 25.3 Å². The summed E-state index contributed by atoms with van der Waals surface area (Å²) < 4.78 is 32.9. The summed E-state index contributed by atoms with van der Waals surface area (Å²) in [6.45, 7) is 2.70. The van der Waals surface area contributed by atoms with Gasteiger partial charge in [0, 0.05) is 18.8 Å². The minimum atomic E-state index is -3.78. The summed E-state index contributed by atoms with van der Waals surface area (Å²) in [6, 6.07) is 13.5. The Kier molecular flexibility index (Phi) is 7.55. The van der Waals surface area contributed by atoms with Crippen LogP contribution in [0, 0.1) is 17.2 Å². The third-order valence-corrected chi connectivity index (χ3v) is 7.26. The molecule has 1 aliphatic rings. The lowest BCUT2D eigenvalue weighted by molar-refractivity contribution is -0.120. The van der Waals surface area contributed by atoms with E-state index in [1.807, 2.05) is 6.92 Å². The number of amides is 1. The van der Waals surface area contributed by atoms with Gasteiger partial charge in [-0.25, -0.2) is 8.42 Å². The topological polar surface area (TPSA) is 99.5 Å². The molecule has 7 nitrogen and oxygen atoms in total. The quantitative estimate of drug-likeness (QED) is 0.675. The molecule has 0 saturated carbocycles. The molecule has 1 heterocycles. The number of rotatable bonds is 7. The van der Waals surface area contributed by atoms with E-state index in [-0.39, 0.29) is 22.4 Å². The van der Waals surface area contributed by atoms with E-state index in [0.717, 1.165) is 5.56 Å². The lowest BCUT2D eigenvalue weighted by Gasteiger charge is -2.31. The minimum Gasteiger partial charge on any atom is -0.492 e. The average Bonchev–Trinajstić information content (AvgIpc) is 2.77. The van der Waals surface area contributed by atoms with E-state index in [1.54, 1.807) is 30.3 Å². The molecule has 0 aliphatic carbocycles. The number of halogens is 1. The molecule has 1 N–H and O–H groups in total. The molecule has 1 aliphatic heterocycles. The Morgan fingerprint density at radius 2 is 2.03 bits per heavy atom. The second-order valence-electron chi connectivity index (χ2n) is 7.25. The highest BCUT2D eigenvalue weighted by molar-refractivity contribution is 7.89. The highest BCUT2D eigenvalue weighted by atomic mass is 35.5. The van der Waals surface area contributed by atoms with Crippen molar-refractivity contribution < 1.29 is 17.9 Å². The van der Waals surface area contributed by atoms with Gasteiger partial charge >= 0.3 is 0 Å². The van der Waals surface area contributed by atoms with Crippen LogP contribution in [0.15, 0.2) is 47.4 Å². The van der Waals surface area contributed by atoms with Gasteiger partial charge < -0.3 is 10.1 Å². The highest BCUT2D eigenvalue weighted by Gasteiger charge is 2.33. The standard InChI is InChI=1S/C22H24ClN3O4S/c1-2-30-21-10-9-19(14-20(21)23)31(28,29)26-13-3-4-17(15-26)22(27)25-18-7-5-16(6-8-18)11-12-24/h5-10,14,17H,2-4,11,13,15H2,1H3,(H,25,27)/t17-/m0/s1. The molecule has 31 heavy (non-hydrogen) atoms. The molecule has 1 atom stereocenters. The number of piperidine rings is 1. The Hall–Kier alpha value is -2.60. The molecule has 0 aromatic heterocycles. The lowest BCUT2D eigenvalue weighted by Crippen LogP contribution is -2.43. The fourth-order valence-electron chi connectivity index (χ4n) is 3.48. The van der Waals surface area contributed by atoms with Crippen molar-refractivity contribution in [3.05, 3.63) is 53.1 Å². The molecule has 1 fully saturated rings. The number of carbonyl (C=O) groups is 1. The summed E-state index contributed by atoms with van der Waals surface area (Å²) in [7, 11) is -3.78. The maximum Gasteiger partial charge on any atom is 0.243 e. The lowest BCUT2D eigenvalue weighted by atomic mass is 9.98. The summed E-state index contributed by atoms with van der Waals surface area (Å²) in [5.74, 6) is -0.252. The van der Waals surface area contributed by atoms with Crippen LogP contribution in [0.5, 0.6) is 5.75 Å². The second kappa shape index (κ2) is 10.1. The second-order valence-corrected chi connectivity index (χ2v) is 9.59. The number of hydrogen-bond acceptors (Lipinski definition) is 5. The maximum absolute atomic E-state index is 13.1. The summed E-state index contributed by atoms with van der Waals surface area (Å²) >= 11 is 6.16. The first-order chi connectivity index (χ1) is 14.8. The van der Waals surface area contributed by atoms with Gasteiger partial charge in [0.2, 0.25) is 15.9 Å². The van der Waals surface area contributed by atoms with Gasteiger partial charge in [0.15, 0.2) is 0 Å². The zero-order valence-electron chi connectivity index (χ0n) is 17.2. The SMILES string of the molecule is CCOc1ccc(S(=O)(=O)N2CCC[C@H](C(=O)Nc3ccc(CC#N)cc3)C2)cc1Cl. The van der Waals surface area contributed by atoms with Crippen molar-refractivity contribution in [2.24, 2.45) is 5.92 Å². The molecular weight excluding hydrogens is 438 g/mol. The number of benzene rings is 2. The van der Waals surface area contributed by atoms with Gasteiger partial charge in [-0.3, -0.25) is 4.79 Å². The number of ether oxygens (including phenoxy) is 1. The number of nitrogens with one attached hydrogen (secondary N) is 1. The number of nitriles is 1. The largest absolute Gasteiger partial charge is 0.492 e. The molecule has 0 radical (unpaired) electrons. The van der Waals surface area contributed by atoms with Gasteiger partial charge in [0.05, 0.1) is 34.9 Å². The highest BCUT2D eigenvalue weighted by Crippen LogP contribution is 2.30. The number of hydrogen-bond donors (Lipinski definition) is 1. The van der Waals surface area contributed by atoms with Crippen LogP contribution in [-0.4, -0.2) is 38.3 Å². The molecule has 164 valence electrons. The van der Waals surface area contributed by atoms with Crippen molar-refractivity contribution in [3.8, 4) is 11.8 Å². The summed E-state index contributed by atoms with van der Waals surface area (Å²) in [6.07, 6.45) is 1.50. The molecule has 0 bridgehead atoms. The molecule has 2 aromatic carbocycles. The predicted octanol–water partition coefficient (Wildman–Crippen LogP) is 3.84. The Balaban J connectivity index is 1.69. The van der Waals surface area contributed by atoms with Crippen molar-refractivity contribution in [2.45, 2.75) is 31.1 Å². The molecule has 9 heteroatoms. The third kappa shape index (κ3) is 5.56. The van der Waals surface area contributed by atoms with Crippen molar-refractivity contribution in [1.29, 1.82) is 5.26 Å². The number of nitrogens with zero attached hydrogens (tertiary/aromatic N) is 2. The maximum atomic E-state index is 13.1. The van der Waals surface area contributed by atoms with Gasteiger partial charge in [-0.1, -0.05) is 23.7 Å². The van der Waals surface area contributed by atoms with Crippen LogP contribution in [0.2, 0.25) is 5.02 Å². The fraction of sp³-hybridized carbons (Fsp3) is 0.364. The van der Waals surface area contributed by atoms with Gasteiger partial charge in [-0.2, -0.15) is 9.57 Å². The molecule has 1 saturated heterocycles. The van der Waals surface area contributed by atoms with Crippen LogP contribution in [0.4, 0.5) is 5.69 Å². The Morgan fingerprint density at radius 3 is 2.68 bits per heavy atom. The summed E-state index contributed by atoms with van der Waals surface area (Å²) in [5, 5.41) is 11.8. The number of anilines is 1. The van der Waals surface area contributed by atoms with Crippen LogP contribution in [-0.2, 0) is 21.2 Å². The van der Waals surface area contributed by atoms with E-state index in [1.165, 1.54) is 16.4 Å². The molecule has 2 aromatic rings. The van der Waals surface area contributed by atoms with Crippen molar-refractivity contribution in [1.82, 2.24) is 4.31 Å². The van der Waals surface area contributed by atoms with Crippen LogP contribution >= 0.6 is 11.6 Å². The number of sulfonamides is 1. The van der Waals surface area contributed by atoms with Crippen LogP contribution < -0.4 is 10.1 Å². The predicted molar refractivity (Wildman–Crippen MR) is 118 cm³/mol. The van der Waals surface area contributed by atoms with Crippen molar-refractivity contribution >= 4 is 33.2 Å². The van der Waals surface area contributed by atoms with E-state index in [0.29, 0.717) is 43.9 Å². The van der Waals surface area contributed by atoms with E-state index in [4.69, 9.17) is 21.6 Å². The molecule has 1 amide bonds. The minimum absolute atomic E-state index is 0.0788. The van der Waals surface area contributed by atoms with Gasteiger partial charge in [-0.05, 0) is 55.7 Å². The third-order valence-electron chi connectivity index (χ3n) is 5.10. The van der Waals surface area contributed by atoms with Crippen molar-refractivity contribution in [2.75, 3.05) is 25.0 Å². The van der Waals surface area contributed by atoms with Gasteiger partial charge in [0.25, 0.3) is 0 Å². The summed E-state index contributed by atoms with van der Waals surface area (Å²) in [4.78, 5) is 12.8. The molecule has 0 spiro atoms. The smallest absolute Gasteiger partial charge is 0.243 e. The van der Waals surface area contributed by atoms with Crippen LogP contribution in [0.3, 0.4) is 0 Å². The molecule has 0 unspecified atom stereocenters. The van der Waals surface area contributed by atoms with E-state index in [2.05, 4.69) is 11.4 Å². The monoisotopic (exact) mass is 461 g/mol. The average molecular weight is 462 g/mol. The van der Waals surface area contributed by atoms with Gasteiger partial charge in [0.1, 0.15) is 5.75 Å². The first-order valence-electron chi connectivity index (χ1n) is 10.0. The van der Waals surface area contributed by atoms with Crippen LogP contribution in [0.25, 0.3) is 0 Å². The zero-order chi connectivity index (χ0) is 22.4. The van der Waals surface area contributed by atoms with E-state index in [9.17, 15) is 13.2 Å². The van der Waals surface area contributed by atoms with Crippen molar-refractivity contribution in [3.63, 3.8) is 0 Å². The zero-order valence-corrected chi connectivity index (χ0v) is 18.7. The molecule has 3 rings (SSSR count). The van der Waals surface area contributed by atoms with E-state index < -0.39 is 15.9 Å². The normalized spacial score (nSPS) is 17.0. The van der Waals surface area contributed by atoms with E-state index >= 15 is 0 Å². The first-order valence-corrected chi connectivity index (χ1v) is 11.9. The van der Waals surface area contributed by atoms with Gasteiger partial charge in [-0.15, -0.1) is 0 Å². The Labute approximate surface area is 187 Å². The number of carbonyl (C=O) groups excluding carboxylic acids is 1. The Bertz CT molecular complexity index is 1080.